The normalized spacial score (nSPS) is 15.7. The van der Waals surface area contributed by atoms with E-state index in [0.717, 1.165) is 0 Å². The first-order chi connectivity index (χ1) is 9.25. The molecule has 1 aromatic carbocycles. The second-order valence-electron chi connectivity index (χ2n) is 5.01. The predicted octanol–water partition coefficient (Wildman–Crippen LogP) is 1.48. The van der Waals surface area contributed by atoms with Gasteiger partial charge in [0.15, 0.2) is 0 Å². The monoisotopic (exact) mass is 277 g/mol. The molecule has 1 aromatic rings. The number of nitrogen functional groups attached to an aromatic ring is 1. The maximum absolute atomic E-state index is 11.9. The van der Waals surface area contributed by atoms with E-state index in [1.165, 1.54) is 19.2 Å². The van der Waals surface area contributed by atoms with Gasteiger partial charge in [0.2, 0.25) is 0 Å². The number of rotatable bonds is 2. The van der Waals surface area contributed by atoms with Crippen LogP contribution >= 0.6 is 0 Å². The Kier molecular flexibility index (Phi) is 3.13. The second kappa shape index (κ2) is 4.52. The van der Waals surface area contributed by atoms with Gasteiger partial charge < -0.3 is 15.8 Å². The summed E-state index contributed by atoms with van der Waals surface area (Å²) in [5, 5.41) is 13.4. The number of nitrogens with two attached hydrogens (primary N) is 1. The Morgan fingerprint density at radius 2 is 2.10 bits per heavy atom. The molecule has 0 radical (unpaired) electrons. The van der Waals surface area contributed by atoms with Crippen LogP contribution in [0.3, 0.4) is 0 Å². The minimum absolute atomic E-state index is 0.00754. The minimum Gasteiger partial charge on any atom is -0.483 e. The highest BCUT2D eigenvalue weighted by atomic mass is 16.6. The quantitative estimate of drug-likeness (QED) is 0.483. The fourth-order valence-electron chi connectivity index (χ4n) is 2.10. The fourth-order valence-corrected chi connectivity index (χ4v) is 2.10. The number of anilines is 1. The molecule has 0 atom stereocenters. The molecule has 0 bridgehead atoms. The van der Waals surface area contributed by atoms with E-state index in [9.17, 15) is 14.9 Å². The number of nitro groups is 1. The number of carbonyl (C=O) groups excluding carboxylic acids is 1. The third-order valence-corrected chi connectivity index (χ3v) is 2.95. The second-order valence-corrected chi connectivity index (χ2v) is 5.01. The van der Waals surface area contributed by atoms with E-state index in [1.807, 2.05) is 0 Å². The molecule has 106 valence electrons. The molecule has 0 saturated heterocycles. The van der Waals surface area contributed by atoms with Crippen molar-refractivity contribution < 1.29 is 14.5 Å². The summed E-state index contributed by atoms with van der Waals surface area (Å²) in [6.07, 6.45) is 1.67. The summed E-state index contributed by atoms with van der Waals surface area (Å²) in [6.45, 7) is 3.53. The van der Waals surface area contributed by atoms with Gasteiger partial charge in [-0.15, -0.1) is 0 Å². The first-order valence-electron chi connectivity index (χ1n) is 5.97. The molecule has 3 N–H and O–H groups in total. The summed E-state index contributed by atoms with van der Waals surface area (Å²) >= 11 is 0. The van der Waals surface area contributed by atoms with Gasteiger partial charge in [-0.2, -0.15) is 0 Å². The first kappa shape index (κ1) is 13.9. The maximum Gasteiger partial charge on any atom is 0.295 e. The summed E-state index contributed by atoms with van der Waals surface area (Å²) in [6, 6.07) is 2.64. The average molecular weight is 277 g/mol. The lowest BCUT2D eigenvalue weighted by molar-refractivity contribution is -0.384. The largest absolute Gasteiger partial charge is 0.483 e. The van der Waals surface area contributed by atoms with Gasteiger partial charge in [-0.3, -0.25) is 14.9 Å². The smallest absolute Gasteiger partial charge is 0.295 e. The number of nitrogens with zero attached hydrogens (tertiary/aromatic N) is 1. The van der Waals surface area contributed by atoms with E-state index in [0.29, 0.717) is 11.1 Å². The van der Waals surface area contributed by atoms with Crippen LogP contribution in [0, 0.1) is 10.1 Å². The van der Waals surface area contributed by atoms with Crippen LogP contribution in [-0.2, 0) is 4.79 Å². The number of hydrogen-bond acceptors (Lipinski definition) is 5. The molecule has 1 heterocycles. The van der Waals surface area contributed by atoms with Gasteiger partial charge in [0.25, 0.3) is 11.6 Å². The Hall–Kier alpha value is -2.57. The van der Waals surface area contributed by atoms with E-state index in [2.05, 4.69) is 5.32 Å². The summed E-state index contributed by atoms with van der Waals surface area (Å²) in [4.78, 5) is 22.3. The van der Waals surface area contributed by atoms with Crippen molar-refractivity contribution >= 4 is 22.9 Å². The van der Waals surface area contributed by atoms with Gasteiger partial charge in [-0.25, -0.2) is 0 Å². The molecule has 0 fully saturated rings. The molecule has 0 unspecified atom stereocenters. The lowest BCUT2D eigenvalue weighted by Gasteiger charge is -2.30. The highest BCUT2D eigenvalue weighted by Gasteiger charge is 2.31. The standard InChI is InChI=1S/C13H15N3O4/c1-13(2)6-8(12(17)15-3)7-4-9(14)10(16(18)19)5-11(7)20-13/h4-6H,14H2,1-3H3,(H,15,17). The number of hydrogen-bond donors (Lipinski definition) is 2. The molecule has 7 heteroatoms. The van der Waals surface area contributed by atoms with E-state index in [-0.39, 0.29) is 23.0 Å². The number of ether oxygens (including phenoxy) is 1. The average Bonchev–Trinajstić information content (AvgIpc) is 2.36. The number of benzene rings is 1. The van der Waals surface area contributed by atoms with Crippen LogP contribution in [0.5, 0.6) is 5.75 Å². The molecular weight excluding hydrogens is 262 g/mol. The third-order valence-electron chi connectivity index (χ3n) is 2.95. The Bertz CT molecular complexity index is 635. The number of amides is 1. The van der Waals surface area contributed by atoms with Crippen LogP contribution in [0.2, 0.25) is 0 Å². The highest BCUT2D eigenvalue weighted by molar-refractivity contribution is 6.21. The van der Waals surface area contributed by atoms with Crippen LogP contribution in [0.4, 0.5) is 11.4 Å². The molecule has 0 aromatic heterocycles. The number of carbonyl (C=O) groups is 1. The van der Waals surface area contributed by atoms with Crippen LogP contribution in [-0.4, -0.2) is 23.5 Å². The van der Waals surface area contributed by atoms with Crippen molar-refractivity contribution in [1.82, 2.24) is 5.32 Å². The molecule has 1 aliphatic rings. The topological polar surface area (TPSA) is 107 Å². The van der Waals surface area contributed by atoms with Crippen LogP contribution in [0.15, 0.2) is 18.2 Å². The van der Waals surface area contributed by atoms with Gasteiger partial charge in [-0.05, 0) is 26.0 Å². The zero-order valence-corrected chi connectivity index (χ0v) is 11.4. The van der Waals surface area contributed by atoms with Crippen molar-refractivity contribution in [3.63, 3.8) is 0 Å². The number of nitrogens with one attached hydrogen (secondary N) is 1. The van der Waals surface area contributed by atoms with Gasteiger partial charge >= 0.3 is 0 Å². The molecule has 20 heavy (non-hydrogen) atoms. The zero-order valence-electron chi connectivity index (χ0n) is 11.4. The van der Waals surface area contributed by atoms with Crippen LogP contribution in [0.1, 0.15) is 19.4 Å². The summed E-state index contributed by atoms with van der Waals surface area (Å²) in [7, 11) is 1.51. The van der Waals surface area contributed by atoms with Crippen LogP contribution < -0.4 is 15.8 Å². The molecule has 0 aliphatic carbocycles. The number of fused-ring (bicyclic) bond motifs is 1. The molecule has 1 aliphatic heterocycles. The number of likely N-dealkylation sites (N-methyl/N-ethyl adjacent to an activating group) is 1. The molecule has 1 amide bonds. The fraction of sp³-hybridized carbons (Fsp3) is 0.308. The Labute approximate surface area is 115 Å². The van der Waals surface area contributed by atoms with Crippen molar-refractivity contribution in [2.24, 2.45) is 0 Å². The Morgan fingerprint density at radius 3 is 2.65 bits per heavy atom. The van der Waals surface area contributed by atoms with Crippen molar-refractivity contribution in [3.05, 3.63) is 33.9 Å². The summed E-state index contributed by atoms with van der Waals surface area (Å²) in [5.41, 5.74) is 5.52. The van der Waals surface area contributed by atoms with E-state index >= 15 is 0 Å². The maximum atomic E-state index is 11.9. The van der Waals surface area contributed by atoms with Gasteiger partial charge in [0.05, 0.1) is 16.6 Å². The van der Waals surface area contributed by atoms with E-state index < -0.39 is 10.5 Å². The number of nitro benzene ring substituents is 1. The van der Waals surface area contributed by atoms with Crippen molar-refractivity contribution in [2.45, 2.75) is 19.4 Å². The molecular formula is C13H15N3O4. The van der Waals surface area contributed by atoms with Gasteiger partial charge in [0, 0.05) is 12.6 Å². The minimum atomic E-state index is -0.737. The van der Waals surface area contributed by atoms with E-state index in [1.54, 1.807) is 19.9 Å². The van der Waals surface area contributed by atoms with E-state index in [4.69, 9.17) is 10.5 Å². The summed E-state index contributed by atoms with van der Waals surface area (Å²) < 4.78 is 5.67. The summed E-state index contributed by atoms with van der Waals surface area (Å²) in [5.74, 6) is -0.0205. The molecule has 7 nitrogen and oxygen atoms in total. The van der Waals surface area contributed by atoms with Gasteiger partial charge in [-0.1, -0.05) is 0 Å². The van der Waals surface area contributed by atoms with Crippen molar-refractivity contribution in [1.29, 1.82) is 0 Å². The third kappa shape index (κ3) is 2.29. The van der Waals surface area contributed by atoms with Gasteiger partial charge in [0.1, 0.15) is 17.0 Å². The van der Waals surface area contributed by atoms with Crippen LogP contribution in [0.25, 0.3) is 5.57 Å². The molecule has 2 rings (SSSR count). The lowest BCUT2D eigenvalue weighted by atomic mass is 9.93. The Balaban J connectivity index is 2.66. The van der Waals surface area contributed by atoms with Crippen molar-refractivity contribution in [3.8, 4) is 5.75 Å². The molecule has 0 saturated carbocycles. The Morgan fingerprint density at radius 1 is 1.45 bits per heavy atom. The first-order valence-corrected chi connectivity index (χ1v) is 5.97. The predicted molar refractivity (Wildman–Crippen MR) is 74.3 cm³/mol. The van der Waals surface area contributed by atoms with Crippen molar-refractivity contribution in [2.75, 3.05) is 12.8 Å². The zero-order chi connectivity index (χ0) is 15.1. The SMILES string of the molecule is CNC(=O)C1=CC(C)(C)Oc2cc([N+](=O)[O-])c(N)cc21. The lowest BCUT2D eigenvalue weighted by Crippen LogP contribution is -2.32. The highest BCUT2D eigenvalue weighted by Crippen LogP contribution is 2.40. The molecule has 0 spiro atoms.